The molecule has 1 aromatic rings. The van der Waals surface area contributed by atoms with Gasteiger partial charge in [-0.15, -0.1) is 0 Å². The summed E-state index contributed by atoms with van der Waals surface area (Å²) in [5.74, 6) is -0.947. The van der Waals surface area contributed by atoms with Crippen molar-refractivity contribution in [2.45, 2.75) is 45.1 Å². The van der Waals surface area contributed by atoms with Crippen LogP contribution >= 0.6 is 0 Å². The molecule has 130 valence electrons. The maximum Gasteiger partial charge on any atom is 0.306 e. The molecule has 3 rings (SSSR count). The Balaban J connectivity index is 1.72. The Morgan fingerprint density at radius 2 is 1.83 bits per heavy atom. The first-order valence-corrected chi connectivity index (χ1v) is 8.74. The minimum atomic E-state index is -0.756. The number of hydrogen-bond donors (Lipinski definition) is 1. The molecular weight excluding hydrogens is 309 g/mol. The maximum atomic E-state index is 13.6. The summed E-state index contributed by atoms with van der Waals surface area (Å²) in [5.41, 5.74) is 0.854. The normalized spacial score (nSPS) is 30.3. The van der Waals surface area contributed by atoms with Crippen LogP contribution in [-0.2, 0) is 9.59 Å². The van der Waals surface area contributed by atoms with Gasteiger partial charge in [-0.1, -0.05) is 19.1 Å². The zero-order valence-corrected chi connectivity index (χ0v) is 14.0. The molecule has 1 amide bonds. The average Bonchev–Trinajstić information content (AvgIpc) is 2.96. The second kappa shape index (κ2) is 6.91. The molecule has 1 aromatic carbocycles. The van der Waals surface area contributed by atoms with Crippen molar-refractivity contribution in [2.24, 2.45) is 17.8 Å². The fourth-order valence-electron chi connectivity index (χ4n) is 4.14. The summed E-state index contributed by atoms with van der Waals surface area (Å²) < 4.78 is 13.6. The van der Waals surface area contributed by atoms with Crippen molar-refractivity contribution < 1.29 is 19.1 Å². The van der Waals surface area contributed by atoms with Gasteiger partial charge in [-0.3, -0.25) is 9.59 Å². The van der Waals surface area contributed by atoms with Gasteiger partial charge in [0, 0.05) is 12.5 Å². The van der Waals surface area contributed by atoms with Gasteiger partial charge in [0.1, 0.15) is 5.82 Å². The molecule has 0 radical (unpaired) electrons. The number of carbonyl (C=O) groups excluding carboxylic acids is 1. The Morgan fingerprint density at radius 1 is 1.17 bits per heavy atom. The first-order valence-electron chi connectivity index (χ1n) is 8.74. The van der Waals surface area contributed by atoms with Crippen LogP contribution in [0.2, 0.25) is 0 Å². The third-order valence-electron chi connectivity index (χ3n) is 5.45. The Bertz CT molecular complexity index is 625. The van der Waals surface area contributed by atoms with Crippen LogP contribution in [0.4, 0.5) is 4.39 Å². The van der Waals surface area contributed by atoms with Gasteiger partial charge in [0.15, 0.2) is 0 Å². The molecule has 24 heavy (non-hydrogen) atoms. The second-order valence-corrected chi connectivity index (χ2v) is 7.29. The van der Waals surface area contributed by atoms with E-state index in [0.717, 1.165) is 12.0 Å². The third kappa shape index (κ3) is 3.45. The van der Waals surface area contributed by atoms with Crippen molar-refractivity contribution in [3.63, 3.8) is 0 Å². The molecule has 1 heterocycles. The molecule has 5 heteroatoms. The van der Waals surface area contributed by atoms with Crippen LogP contribution in [0.1, 0.15) is 50.6 Å². The van der Waals surface area contributed by atoms with E-state index in [9.17, 15) is 14.0 Å². The standard InChI is InChI=1S/C19H24FNO3/c1-12-9-17(15-3-2-4-16(20)10-15)21(11-12)18(22)13-5-7-14(8-6-13)19(23)24/h2-4,10,12-14,17H,5-9,11H2,1H3,(H,23,24). The van der Waals surface area contributed by atoms with Crippen molar-refractivity contribution in [3.05, 3.63) is 35.6 Å². The summed E-state index contributed by atoms with van der Waals surface area (Å²) in [6.07, 6.45) is 3.26. The van der Waals surface area contributed by atoms with Crippen LogP contribution in [-0.4, -0.2) is 28.4 Å². The van der Waals surface area contributed by atoms with Gasteiger partial charge in [0.25, 0.3) is 0 Å². The smallest absolute Gasteiger partial charge is 0.306 e. The highest BCUT2D eigenvalue weighted by Crippen LogP contribution is 2.39. The first-order chi connectivity index (χ1) is 11.5. The van der Waals surface area contributed by atoms with E-state index >= 15 is 0 Å². The molecule has 1 N–H and O–H groups in total. The SMILES string of the molecule is CC1CC(c2cccc(F)c2)N(C(=O)C2CCC(C(=O)O)CC2)C1. The van der Waals surface area contributed by atoms with Gasteiger partial charge < -0.3 is 10.0 Å². The highest BCUT2D eigenvalue weighted by Gasteiger charge is 2.39. The molecule has 0 bridgehead atoms. The molecule has 1 aliphatic carbocycles. The van der Waals surface area contributed by atoms with Gasteiger partial charge in [-0.05, 0) is 55.7 Å². The molecule has 1 saturated carbocycles. The van der Waals surface area contributed by atoms with E-state index in [4.69, 9.17) is 5.11 Å². The Kier molecular flexibility index (Phi) is 4.88. The number of hydrogen-bond acceptors (Lipinski definition) is 2. The number of amides is 1. The van der Waals surface area contributed by atoms with Crippen molar-refractivity contribution in [1.82, 2.24) is 4.90 Å². The van der Waals surface area contributed by atoms with Gasteiger partial charge in [-0.25, -0.2) is 4.39 Å². The predicted octanol–water partition coefficient (Wildman–Crippen LogP) is 3.63. The van der Waals surface area contributed by atoms with Gasteiger partial charge in [0.2, 0.25) is 5.91 Å². The van der Waals surface area contributed by atoms with Crippen molar-refractivity contribution >= 4 is 11.9 Å². The maximum absolute atomic E-state index is 13.6. The van der Waals surface area contributed by atoms with E-state index in [1.807, 2.05) is 11.0 Å². The van der Waals surface area contributed by atoms with Crippen LogP contribution in [0.25, 0.3) is 0 Å². The molecule has 2 atom stereocenters. The highest BCUT2D eigenvalue weighted by molar-refractivity contribution is 5.80. The lowest BCUT2D eigenvalue weighted by molar-refractivity contribution is -0.146. The number of carboxylic acid groups (broad SMARTS) is 1. The summed E-state index contributed by atoms with van der Waals surface area (Å²) in [4.78, 5) is 25.9. The van der Waals surface area contributed by atoms with Crippen LogP contribution in [0.15, 0.2) is 24.3 Å². The zero-order valence-electron chi connectivity index (χ0n) is 14.0. The van der Waals surface area contributed by atoms with E-state index < -0.39 is 5.97 Å². The highest BCUT2D eigenvalue weighted by atomic mass is 19.1. The van der Waals surface area contributed by atoms with Crippen molar-refractivity contribution in [1.29, 1.82) is 0 Å². The van der Waals surface area contributed by atoms with Crippen LogP contribution in [0, 0.1) is 23.6 Å². The molecule has 2 unspecified atom stereocenters. The molecule has 1 saturated heterocycles. The Labute approximate surface area is 141 Å². The number of likely N-dealkylation sites (tertiary alicyclic amines) is 1. The quantitative estimate of drug-likeness (QED) is 0.919. The number of carboxylic acids is 1. The fourth-order valence-corrected chi connectivity index (χ4v) is 4.14. The van der Waals surface area contributed by atoms with Gasteiger partial charge in [-0.2, -0.15) is 0 Å². The number of halogens is 1. The summed E-state index contributed by atoms with van der Waals surface area (Å²) >= 11 is 0. The fraction of sp³-hybridized carbons (Fsp3) is 0.579. The van der Waals surface area contributed by atoms with Crippen molar-refractivity contribution in [3.8, 4) is 0 Å². The number of rotatable bonds is 3. The molecule has 0 spiro atoms. The van der Waals surface area contributed by atoms with Crippen LogP contribution < -0.4 is 0 Å². The van der Waals surface area contributed by atoms with E-state index in [-0.39, 0.29) is 29.6 Å². The first kappa shape index (κ1) is 16.9. The lowest BCUT2D eigenvalue weighted by Crippen LogP contribution is -2.38. The van der Waals surface area contributed by atoms with E-state index in [0.29, 0.717) is 38.1 Å². The number of benzene rings is 1. The Hall–Kier alpha value is -1.91. The average molecular weight is 333 g/mol. The van der Waals surface area contributed by atoms with Crippen LogP contribution in [0.5, 0.6) is 0 Å². The number of nitrogens with zero attached hydrogens (tertiary/aromatic N) is 1. The summed E-state index contributed by atoms with van der Waals surface area (Å²) in [5, 5.41) is 9.10. The second-order valence-electron chi connectivity index (χ2n) is 7.29. The summed E-state index contributed by atoms with van der Waals surface area (Å²) in [7, 11) is 0. The summed E-state index contributed by atoms with van der Waals surface area (Å²) in [6.45, 7) is 2.81. The van der Waals surface area contributed by atoms with E-state index in [1.165, 1.54) is 12.1 Å². The summed E-state index contributed by atoms with van der Waals surface area (Å²) in [6, 6.07) is 6.44. The lowest BCUT2D eigenvalue weighted by Gasteiger charge is -2.32. The lowest BCUT2D eigenvalue weighted by atomic mass is 9.81. The largest absolute Gasteiger partial charge is 0.481 e. The third-order valence-corrected chi connectivity index (χ3v) is 5.45. The molecule has 2 aliphatic rings. The van der Waals surface area contributed by atoms with E-state index in [1.54, 1.807) is 6.07 Å². The molecule has 0 aromatic heterocycles. The van der Waals surface area contributed by atoms with Crippen LogP contribution in [0.3, 0.4) is 0 Å². The minimum Gasteiger partial charge on any atom is -0.481 e. The minimum absolute atomic E-state index is 0.0691. The Morgan fingerprint density at radius 3 is 2.46 bits per heavy atom. The zero-order chi connectivity index (χ0) is 17.3. The number of carbonyl (C=O) groups is 2. The molecule has 4 nitrogen and oxygen atoms in total. The van der Waals surface area contributed by atoms with Gasteiger partial charge >= 0.3 is 5.97 Å². The predicted molar refractivity (Wildman–Crippen MR) is 87.7 cm³/mol. The number of aliphatic carboxylic acids is 1. The van der Waals surface area contributed by atoms with Crippen molar-refractivity contribution in [2.75, 3.05) is 6.54 Å². The topological polar surface area (TPSA) is 57.6 Å². The van der Waals surface area contributed by atoms with Gasteiger partial charge in [0.05, 0.1) is 12.0 Å². The monoisotopic (exact) mass is 333 g/mol. The molecular formula is C19H24FNO3. The van der Waals surface area contributed by atoms with E-state index in [2.05, 4.69) is 6.92 Å². The molecule has 2 fully saturated rings. The molecule has 1 aliphatic heterocycles.